The molecule has 0 amide bonds. The molecular formula is C41H32N2. The highest BCUT2D eigenvalue weighted by Crippen LogP contribution is 2.54. The lowest BCUT2D eigenvalue weighted by Gasteiger charge is -2.27. The van der Waals surface area contributed by atoms with Gasteiger partial charge in [-0.05, 0) is 108 Å². The Balaban J connectivity index is 1.32. The topological polar surface area (TPSA) is 8.17 Å². The number of fused-ring (bicyclic) bond motifs is 8. The molecular weight excluding hydrogens is 520 g/mol. The van der Waals surface area contributed by atoms with E-state index in [1.807, 2.05) is 0 Å². The molecule has 2 heteroatoms. The SMILES string of the molecule is c1ccc(N(c2ccccc2)c2cc(-c3ccc4c(c3)C3CCC4C3)cc(-n3c4ccccc4c4ccccc43)c2)cc1. The zero-order chi connectivity index (χ0) is 28.3. The van der Waals surface area contributed by atoms with Crippen molar-refractivity contribution < 1.29 is 0 Å². The van der Waals surface area contributed by atoms with Crippen molar-refractivity contribution in [3.8, 4) is 16.8 Å². The summed E-state index contributed by atoms with van der Waals surface area (Å²) < 4.78 is 2.45. The van der Waals surface area contributed by atoms with Crippen LogP contribution in [0.15, 0.2) is 146 Å². The van der Waals surface area contributed by atoms with Crippen LogP contribution >= 0.6 is 0 Å². The number of aromatic nitrogens is 1. The monoisotopic (exact) mass is 552 g/mol. The van der Waals surface area contributed by atoms with E-state index in [2.05, 4.69) is 155 Å². The molecule has 2 bridgehead atoms. The van der Waals surface area contributed by atoms with Gasteiger partial charge in [-0.2, -0.15) is 0 Å². The minimum atomic E-state index is 0.727. The van der Waals surface area contributed by atoms with Crippen LogP contribution < -0.4 is 4.90 Å². The fraction of sp³-hybridized carbons (Fsp3) is 0.122. The summed E-state index contributed by atoms with van der Waals surface area (Å²) in [4.78, 5) is 2.39. The molecule has 1 heterocycles. The maximum Gasteiger partial charge on any atom is 0.0541 e. The summed E-state index contributed by atoms with van der Waals surface area (Å²) in [5.41, 5.74) is 12.8. The Labute approximate surface area is 252 Å². The Kier molecular flexibility index (Phi) is 5.55. The van der Waals surface area contributed by atoms with Gasteiger partial charge in [0, 0.05) is 33.5 Å². The van der Waals surface area contributed by atoms with Crippen LogP contribution in [0, 0.1) is 0 Å². The van der Waals surface area contributed by atoms with Gasteiger partial charge in [-0.3, -0.25) is 0 Å². The zero-order valence-electron chi connectivity index (χ0n) is 24.0. The Morgan fingerprint density at radius 3 is 1.70 bits per heavy atom. The fourth-order valence-corrected chi connectivity index (χ4v) is 7.85. The zero-order valence-corrected chi connectivity index (χ0v) is 24.0. The molecule has 2 aliphatic rings. The van der Waals surface area contributed by atoms with Crippen molar-refractivity contribution >= 4 is 38.9 Å². The van der Waals surface area contributed by atoms with Crippen molar-refractivity contribution in [2.24, 2.45) is 0 Å². The number of para-hydroxylation sites is 4. The van der Waals surface area contributed by atoms with E-state index in [1.165, 1.54) is 57.9 Å². The molecule has 2 aliphatic carbocycles. The van der Waals surface area contributed by atoms with Crippen molar-refractivity contribution in [2.75, 3.05) is 4.90 Å². The quantitative estimate of drug-likeness (QED) is 0.206. The van der Waals surface area contributed by atoms with Crippen LogP contribution in [0.1, 0.15) is 42.2 Å². The minimum Gasteiger partial charge on any atom is -0.310 e. The van der Waals surface area contributed by atoms with Crippen LogP contribution in [0.5, 0.6) is 0 Å². The Hall–Kier alpha value is -5.08. The molecule has 0 spiro atoms. The average Bonchev–Trinajstić information content (AvgIpc) is 3.78. The van der Waals surface area contributed by atoms with Gasteiger partial charge in [0.2, 0.25) is 0 Å². The Bertz CT molecular complexity index is 2030. The second kappa shape index (κ2) is 9.74. The lowest BCUT2D eigenvalue weighted by Crippen LogP contribution is -2.10. The normalized spacial score (nSPS) is 17.0. The smallest absolute Gasteiger partial charge is 0.0541 e. The molecule has 206 valence electrons. The highest BCUT2D eigenvalue weighted by molar-refractivity contribution is 6.09. The number of rotatable bonds is 5. The third-order valence-corrected chi connectivity index (χ3v) is 9.76. The van der Waals surface area contributed by atoms with Gasteiger partial charge in [-0.15, -0.1) is 0 Å². The first-order valence-corrected chi connectivity index (χ1v) is 15.5. The summed E-state index contributed by atoms with van der Waals surface area (Å²) in [6.07, 6.45) is 4.03. The third kappa shape index (κ3) is 3.94. The average molecular weight is 553 g/mol. The van der Waals surface area contributed by atoms with E-state index in [-0.39, 0.29) is 0 Å². The molecule has 43 heavy (non-hydrogen) atoms. The van der Waals surface area contributed by atoms with Gasteiger partial charge in [-0.25, -0.2) is 0 Å². The van der Waals surface area contributed by atoms with E-state index >= 15 is 0 Å². The molecule has 0 N–H and O–H groups in total. The van der Waals surface area contributed by atoms with Crippen molar-refractivity contribution in [3.05, 3.63) is 157 Å². The van der Waals surface area contributed by atoms with E-state index in [1.54, 1.807) is 11.1 Å². The lowest BCUT2D eigenvalue weighted by atomic mass is 9.89. The highest BCUT2D eigenvalue weighted by atomic mass is 15.1. The standard InChI is InChI=1S/C41H32N2/c1-3-11-32(12-4-1)42(33-13-5-2-6-14-33)34-24-31(28-21-22-36-29-19-20-30(23-29)39(36)26-28)25-35(27-34)43-40-17-9-7-15-37(40)38-16-8-10-18-41(38)43/h1-18,21-22,24-27,29-30H,19-20,23H2. The van der Waals surface area contributed by atoms with Gasteiger partial charge in [0.1, 0.15) is 0 Å². The molecule has 1 fully saturated rings. The number of nitrogens with zero attached hydrogens (tertiary/aromatic N) is 2. The molecule has 1 saturated carbocycles. The molecule has 7 aromatic rings. The van der Waals surface area contributed by atoms with Gasteiger partial charge in [-0.1, -0.05) is 91.0 Å². The summed E-state index contributed by atoms with van der Waals surface area (Å²) in [6.45, 7) is 0. The molecule has 0 radical (unpaired) electrons. The molecule has 0 saturated heterocycles. The number of hydrogen-bond donors (Lipinski definition) is 0. The van der Waals surface area contributed by atoms with Gasteiger partial charge < -0.3 is 9.47 Å². The first kappa shape index (κ1) is 24.5. The molecule has 2 unspecified atom stereocenters. The molecule has 6 aromatic carbocycles. The van der Waals surface area contributed by atoms with Gasteiger partial charge in [0.15, 0.2) is 0 Å². The predicted octanol–water partition coefficient (Wildman–Crippen LogP) is 11.3. The van der Waals surface area contributed by atoms with Crippen molar-refractivity contribution in [3.63, 3.8) is 0 Å². The van der Waals surface area contributed by atoms with Crippen molar-refractivity contribution in [2.45, 2.75) is 31.1 Å². The maximum absolute atomic E-state index is 2.50. The van der Waals surface area contributed by atoms with Crippen LogP contribution in [0.3, 0.4) is 0 Å². The third-order valence-electron chi connectivity index (χ3n) is 9.76. The molecule has 2 atom stereocenters. The second-order valence-electron chi connectivity index (χ2n) is 12.2. The second-order valence-corrected chi connectivity index (χ2v) is 12.2. The van der Waals surface area contributed by atoms with E-state index in [0.29, 0.717) is 0 Å². The lowest BCUT2D eigenvalue weighted by molar-refractivity contribution is 0.718. The van der Waals surface area contributed by atoms with E-state index in [9.17, 15) is 0 Å². The van der Waals surface area contributed by atoms with Gasteiger partial charge >= 0.3 is 0 Å². The van der Waals surface area contributed by atoms with E-state index in [0.717, 1.165) is 28.9 Å². The van der Waals surface area contributed by atoms with Crippen LogP contribution in [-0.2, 0) is 0 Å². The van der Waals surface area contributed by atoms with Crippen LogP contribution in [-0.4, -0.2) is 4.57 Å². The largest absolute Gasteiger partial charge is 0.310 e. The summed E-state index contributed by atoms with van der Waals surface area (Å²) in [7, 11) is 0. The summed E-state index contributed by atoms with van der Waals surface area (Å²) in [5, 5.41) is 2.56. The van der Waals surface area contributed by atoms with Crippen molar-refractivity contribution in [1.82, 2.24) is 4.57 Å². The van der Waals surface area contributed by atoms with Gasteiger partial charge in [0.05, 0.1) is 11.0 Å². The number of benzene rings is 6. The Morgan fingerprint density at radius 1 is 0.465 bits per heavy atom. The number of anilines is 3. The fourth-order valence-electron chi connectivity index (χ4n) is 7.85. The summed E-state index contributed by atoms with van der Waals surface area (Å²) in [5.74, 6) is 1.49. The first-order valence-electron chi connectivity index (χ1n) is 15.5. The molecule has 0 aliphatic heterocycles. The maximum atomic E-state index is 2.50. The van der Waals surface area contributed by atoms with Crippen LogP contribution in [0.25, 0.3) is 38.6 Å². The van der Waals surface area contributed by atoms with Crippen molar-refractivity contribution in [1.29, 1.82) is 0 Å². The van der Waals surface area contributed by atoms with Crippen LogP contribution in [0.4, 0.5) is 17.1 Å². The summed E-state index contributed by atoms with van der Waals surface area (Å²) in [6, 6.07) is 53.5. The number of hydrogen-bond acceptors (Lipinski definition) is 1. The molecule has 1 aromatic heterocycles. The van der Waals surface area contributed by atoms with E-state index in [4.69, 9.17) is 0 Å². The van der Waals surface area contributed by atoms with Gasteiger partial charge in [0.25, 0.3) is 0 Å². The first-order chi connectivity index (χ1) is 21.3. The van der Waals surface area contributed by atoms with Crippen LogP contribution in [0.2, 0.25) is 0 Å². The Morgan fingerprint density at radius 2 is 1.05 bits per heavy atom. The molecule has 2 nitrogen and oxygen atoms in total. The molecule has 9 rings (SSSR count). The minimum absolute atomic E-state index is 0.727. The summed E-state index contributed by atoms with van der Waals surface area (Å²) >= 11 is 0. The van der Waals surface area contributed by atoms with E-state index < -0.39 is 0 Å². The highest BCUT2D eigenvalue weighted by Gasteiger charge is 2.36. The predicted molar refractivity (Wildman–Crippen MR) is 180 cm³/mol.